The van der Waals surface area contributed by atoms with Gasteiger partial charge < -0.3 is 10.2 Å². The minimum absolute atomic E-state index is 0.271. The summed E-state index contributed by atoms with van der Waals surface area (Å²) in [5.41, 5.74) is 2.41. The third-order valence-electron chi connectivity index (χ3n) is 8.39. The number of fused-ring (bicyclic) bond motifs is 6. The molecule has 3 aliphatic rings. The minimum atomic E-state index is -1.40. The van der Waals surface area contributed by atoms with Gasteiger partial charge in [0.25, 0.3) is 0 Å². The summed E-state index contributed by atoms with van der Waals surface area (Å²) < 4.78 is 0. The lowest BCUT2D eigenvalue weighted by atomic mass is 9.62. The van der Waals surface area contributed by atoms with Crippen LogP contribution in [0.5, 0.6) is 0 Å². The lowest BCUT2D eigenvalue weighted by Crippen LogP contribution is -2.49. The maximum absolute atomic E-state index is 14.8. The van der Waals surface area contributed by atoms with E-state index in [0.717, 1.165) is 11.1 Å². The van der Waals surface area contributed by atoms with E-state index in [4.69, 9.17) is 23.2 Å². The summed E-state index contributed by atoms with van der Waals surface area (Å²) >= 11 is 12.7. The van der Waals surface area contributed by atoms with Crippen LogP contribution < -0.4 is 5.32 Å². The van der Waals surface area contributed by atoms with E-state index in [1.54, 1.807) is 48.5 Å². The Bertz CT molecular complexity index is 1750. The van der Waals surface area contributed by atoms with E-state index in [2.05, 4.69) is 5.32 Å². The highest BCUT2D eigenvalue weighted by atomic mass is 35.5. The number of amides is 1. The molecule has 0 saturated carbocycles. The van der Waals surface area contributed by atoms with Crippen molar-refractivity contribution in [1.82, 2.24) is 4.90 Å². The number of carbonyl (C=O) groups is 3. The first-order valence-electron chi connectivity index (χ1n) is 13.0. The molecule has 3 aliphatic heterocycles. The largest absolute Gasteiger partial charge is 0.358 e. The van der Waals surface area contributed by atoms with Gasteiger partial charge in [0, 0.05) is 28.0 Å². The fourth-order valence-electron chi connectivity index (χ4n) is 6.78. The summed E-state index contributed by atoms with van der Waals surface area (Å²) in [4.78, 5) is 45.6. The average Bonchev–Trinajstić information content (AvgIpc) is 3.45. The molecule has 0 aliphatic carbocycles. The number of hydrogen-bond donors (Lipinski definition) is 1. The zero-order valence-electron chi connectivity index (χ0n) is 21.1. The molecule has 3 heterocycles. The summed E-state index contributed by atoms with van der Waals surface area (Å²) in [6.07, 6.45) is 3.78. The van der Waals surface area contributed by atoms with Crippen molar-refractivity contribution in [2.45, 2.75) is 17.5 Å². The standard InChI is InChI=1S/C33H22Cl2N2O3/c34-21-15-13-20(14-16-21)29(38)28-27(30(39)23-9-3-5-11-25(23)35)33(24-10-4-6-12-26(24)36-32(33)40)31-22-8-2-1-7-19(22)17-18-37(28)31/h1-18,27-28,31H,(H,36,40)/t27-,28+,31+,33+/m0/s1. The van der Waals surface area contributed by atoms with Crippen molar-refractivity contribution in [3.63, 3.8) is 0 Å². The van der Waals surface area contributed by atoms with E-state index in [1.165, 1.54) is 0 Å². The Hall–Kier alpha value is -4.19. The molecule has 196 valence electrons. The van der Waals surface area contributed by atoms with Gasteiger partial charge in [0.2, 0.25) is 5.91 Å². The van der Waals surface area contributed by atoms with Crippen LogP contribution in [0, 0.1) is 5.92 Å². The number of Topliss-reactive ketones (excluding diaryl/α,β-unsaturated/α-hetero) is 2. The van der Waals surface area contributed by atoms with Crippen LogP contribution in [0.3, 0.4) is 0 Å². The van der Waals surface area contributed by atoms with Gasteiger partial charge in [-0.3, -0.25) is 14.4 Å². The lowest BCUT2D eigenvalue weighted by Gasteiger charge is -2.38. The molecule has 0 radical (unpaired) electrons. The Morgan fingerprint density at radius 3 is 2.30 bits per heavy atom. The van der Waals surface area contributed by atoms with Gasteiger partial charge in [0.05, 0.1) is 17.0 Å². The number of hydrogen-bond acceptors (Lipinski definition) is 4. The van der Waals surface area contributed by atoms with Gasteiger partial charge >= 0.3 is 0 Å². The van der Waals surface area contributed by atoms with E-state index in [-0.39, 0.29) is 28.1 Å². The third kappa shape index (κ3) is 3.38. The molecule has 5 nitrogen and oxygen atoms in total. The normalized spacial score (nSPS) is 23.9. The van der Waals surface area contributed by atoms with Gasteiger partial charge in [-0.25, -0.2) is 0 Å². The third-order valence-corrected chi connectivity index (χ3v) is 8.97. The molecule has 0 aromatic heterocycles. The molecule has 0 unspecified atom stereocenters. The van der Waals surface area contributed by atoms with E-state index >= 15 is 0 Å². The topological polar surface area (TPSA) is 66.5 Å². The number of halogens is 2. The Labute approximate surface area is 241 Å². The number of rotatable bonds is 4. The zero-order chi connectivity index (χ0) is 27.6. The molecule has 1 saturated heterocycles. The fraction of sp³-hybridized carbons (Fsp3) is 0.121. The SMILES string of the molecule is O=C(c1ccccc1Cl)[C@@H]1[C@H](C(=O)c2ccc(Cl)cc2)N2C=Cc3ccccc3[C@@H]2[C@]12C(=O)Nc1ccccc12. The van der Waals surface area contributed by atoms with Crippen molar-refractivity contribution in [3.8, 4) is 0 Å². The van der Waals surface area contributed by atoms with Crippen LogP contribution in [0.1, 0.15) is 43.4 Å². The molecule has 1 fully saturated rings. The predicted octanol–water partition coefficient (Wildman–Crippen LogP) is 6.98. The summed E-state index contributed by atoms with van der Waals surface area (Å²) in [6.45, 7) is 0. The first kappa shape index (κ1) is 24.8. The zero-order valence-corrected chi connectivity index (χ0v) is 22.6. The molecule has 4 atom stereocenters. The number of benzene rings is 4. The summed E-state index contributed by atoms with van der Waals surface area (Å²) in [5, 5.41) is 3.82. The molecule has 0 bridgehead atoms. The summed E-state index contributed by atoms with van der Waals surface area (Å²) in [5.74, 6) is -2.03. The van der Waals surface area contributed by atoms with E-state index in [1.807, 2.05) is 65.7 Å². The van der Waals surface area contributed by atoms with Crippen molar-refractivity contribution in [3.05, 3.63) is 141 Å². The first-order valence-corrected chi connectivity index (χ1v) is 13.7. The van der Waals surface area contributed by atoms with Crippen molar-refractivity contribution in [2.75, 3.05) is 5.32 Å². The van der Waals surface area contributed by atoms with Gasteiger partial charge in [-0.2, -0.15) is 0 Å². The molecule has 1 amide bonds. The van der Waals surface area contributed by atoms with E-state index < -0.39 is 23.4 Å². The number of anilines is 1. The highest BCUT2D eigenvalue weighted by Gasteiger charge is 2.70. The quantitative estimate of drug-likeness (QED) is 0.272. The van der Waals surface area contributed by atoms with Gasteiger partial charge in [0.1, 0.15) is 11.5 Å². The number of carbonyl (C=O) groups excluding carboxylic acids is 3. The van der Waals surface area contributed by atoms with E-state index in [9.17, 15) is 14.4 Å². The summed E-state index contributed by atoms with van der Waals surface area (Å²) in [6, 6.07) is 27.0. The van der Waals surface area contributed by atoms with Crippen LogP contribution >= 0.6 is 23.2 Å². The first-order chi connectivity index (χ1) is 19.4. The average molecular weight is 565 g/mol. The van der Waals surface area contributed by atoms with Crippen LogP contribution in [0.15, 0.2) is 103 Å². The molecule has 1 spiro atoms. The molecule has 1 N–H and O–H groups in total. The van der Waals surface area contributed by atoms with Crippen LogP contribution in [0.2, 0.25) is 10.0 Å². The Morgan fingerprint density at radius 2 is 1.50 bits per heavy atom. The molecule has 7 rings (SSSR count). The maximum Gasteiger partial charge on any atom is 0.238 e. The smallest absolute Gasteiger partial charge is 0.238 e. The lowest BCUT2D eigenvalue weighted by molar-refractivity contribution is -0.122. The van der Waals surface area contributed by atoms with Crippen molar-refractivity contribution in [1.29, 1.82) is 0 Å². The second kappa shape index (κ2) is 9.19. The Balaban J connectivity index is 1.55. The van der Waals surface area contributed by atoms with Crippen LogP contribution in [-0.2, 0) is 10.2 Å². The monoisotopic (exact) mass is 564 g/mol. The fourth-order valence-corrected chi connectivity index (χ4v) is 7.14. The highest BCUT2D eigenvalue weighted by molar-refractivity contribution is 6.34. The van der Waals surface area contributed by atoms with Crippen LogP contribution in [0.25, 0.3) is 6.08 Å². The molecular weight excluding hydrogens is 543 g/mol. The van der Waals surface area contributed by atoms with Crippen LogP contribution in [-0.4, -0.2) is 28.4 Å². The van der Waals surface area contributed by atoms with Gasteiger partial charge in [-0.1, -0.05) is 77.8 Å². The minimum Gasteiger partial charge on any atom is -0.358 e. The number of nitrogens with one attached hydrogen (secondary N) is 1. The number of para-hydroxylation sites is 1. The van der Waals surface area contributed by atoms with Gasteiger partial charge in [-0.15, -0.1) is 0 Å². The Morgan fingerprint density at radius 1 is 0.800 bits per heavy atom. The maximum atomic E-state index is 14.8. The number of ketones is 2. The van der Waals surface area contributed by atoms with Crippen LogP contribution in [0.4, 0.5) is 5.69 Å². The molecule has 40 heavy (non-hydrogen) atoms. The molecular formula is C33H22Cl2N2O3. The van der Waals surface area contributed by atoms with Crippen molar-refractivity contribution >= 4 is 52.4 Å². The van der Waals surface area contributed by atoms with Gasteiger partial charge in [-0.05, 0) is 65.2 Å². The van der Waals surface area contributed by atoms with E-state index in [0.29, 0.717) is 21.8 Å². The second-order valence-electron chi connectivity index (χ2n) is 10.3. The molecule has 7 heteroatoms. The van der Waals surface area contributed by atoms with Gasteiger partial charge in [0.15, 0.2) is 11.6 Å². The Kier molecular flexibility index (Phi) is 5.70. The predicted molar refractivity (Wildman–Crippen MR) is 156 cm³/mol. The number of nitrogens with zero attached hydrogens (tertiary/aromatic N) is 1. The van der Waals surface area contributed by atoms with Crippen molar-refractivity contribution < 1.29 is 14.4 Å². The second-order valence-corrected chi connectivity index (χ2v) is 11.1. The van der Waals surface area contributed by atoms with Crippen molar-refractivity contribution in [2.24, 2.45) is 5.92 Å². The highest BCUT2D eigenvalue weighted by Crippen LogP contribution is 2.62. The molecule has 4 aromatic carbocycles. The molecule has 4 aromatic rings. The summed E-state index contributed by atoms with van der Waals surface area (Å²) in [7, 11) is 0.